The Labute approximate surface area is 107 Å². The maximum Gasteiger partial charge on any atom is 0.213 e. The predicted octanol–water partition coefficient (Wildman–Crippen LogP) is 2.60. The third-order valence-electron chi connectivity index (χ3n) is 2.09. The Morgan fingerprint density at radius 2 is 2.00 bits per heavy atom. The summed E-state index contributed by atoms with van der Waals surface area (Å²) in [4.78, 5) is 19.8. The SMILES string of the molecule is Nc1cc(Cl)cnc1C(=O)c1ccnc(Cl)c1. The summed E-state index contributed by atoms with van der Waals surface area (Å²) < 4.78 is 0. The van der Waals surface area contributed by atoms with Gasteiger partial charge in [-0.1, -0.05) is 23.2 Å². The van der Waals surface area contributed by atoms with Crippen LogP contribution in [0.4, 0.5) is 5.69 Å². The molecule has 0 saturated heterocycles. The molecule has 0 atom stereocenters. The van der Waals surface area contributed by atoms with E-state index in [9.17, 15) is 4.79 Å². The van der Waals surface area contributed by atoms with Crippen LogP contribution >= 0.6 is 23.2 Å². The highest BCUT2D eigenvalue weighted by atomic mass is 35.5. The molecule has 0 radical (unpaired) electrons. The van der Waals surface area contributed by atoms with Gasteiger partial charge in [0.1, 0.15) is 10.8 Å². The standard InChI is InChI=1S/C11H7Cl2N3O/c12-7-4-8(14)10(16-5-7)11(17)6-1-2-15-9(13)3-6/h1-5H,14H2. The van der Waals surface area contributed by atoms with Crippen molar-refractivity contribution >= 4 is 34.7 Å². The Hall–Kier alpha value is -1.65. The Balaban J connectivity index is 2.44. The van der Waals surface area contributed by atoms with E-state index in [4.69, 9.17) is 28.9 Å². The summed E-state index contributed by atoms with van der Waals surface area (Å²) in [5, 5.41) is 0.621. The lowest BCUT2D eigenvalue weighted by Gasteiger charge is -2.04. The van der Waals surface area contributed by atoms with E-state index in [0.29, 0.717) is 10.6 Å². The largest absolute Gasteiger partial charge is 0.397 e. The van der Waals surface area contributed by atoms with E-state index in [-0.39, 0.29) is 22.3 Å². The van der Waals surface area contributed by atoms with Gasteiger partial charge in [-0.15, -0.1) is 0 Å². The maximum atomic E-state index is 12.1. The second kappa shape index (κ2) is 4.69. The number of carbonyl (C=O) groups excluding carboxylic acids is 1. The number of rotatable bonds is 2. The minimum Gasteiger partial charge on any atom is -0.397 e. The molecule has 2 aromatic rings. The molecule has 0 aliphatic carbocycles. The Bertz CT molecular complexity index is 587. The molecule has 4 nitrogen and oxygen atoms in total. The Morgan fingerprint density at radius 1 is 1.24 bits per heavy atom. The molecule has 2 aromatic heterocycles. The number of aromatic nitrogens is 2. The van der Waals surface area contributed by atoms with Crippen LogP contribution in [0, 0.1) is 0 Å². The lowest BCUT2D eigenvalue weighted by molar-refractivity contribution is 0.103. The van der Waals surface area contributed by atoms with Crippen molar-refractivity contribution in [3.63, 3.8) is 0 Å². The summed E-state index contributed by atoms with van der Waals surface area (Å²) >= 11 is 11.4. The van der Waals surface area contributed by atoms with Crippen LogP contribution in [0.25, 0.3) is 0 Å². The van der Waals surface area contributed by atoms with Crippen LogP contribution in [-0.2, 0) is 0 Å². The lowest BCUT2D eigenvalue weighted by Crippen LogP contribution is -2.08. The lowest BCUT2D eigenvalue weighted by atomic mass is 10.1. The van der Waals surface area contributed by atoms with Crippen LogP contribution in [0.15, 0.2) is 30.6 Å². The van der Waals surface area contributed by atoms with Crippen molar-refractivity contribution < 1.29 is 4.79 Å². The zero-order valence-corrected chi connectivity index (χ0v) is 10.0. The number of nitrogen functional groups attached to an aromatic ring is 1. The van der Waals surface area contributed by atoms with Crippen molar-refractivity contribution in [1.29, 1.82) is 0 Å². The van der Waals surface area contributed by atoms with Crippen molar-refractivity contribution in [3.05, 3.63) is 52.0 Å². The smallest absolute Gasteiger partial charge is 0.213 e. The van der Waals surface area contributed by atoms with Gasteiger partial charge in [0.2, 0.25) is 5.78 Å². The molecule has 0 saturated carbocycles. The predicted molar refractivity (Wildman–Crippen MR) is 66.3 cm³/mol. The molecule has 0 aliphatic heterocycles. The van der Waals surface area contributed by atoms with E-state index >= 15 is 0 Å². The fraction of sp³-hybridized carbons (Fsp3) is 0. The van der Waals surface area contributed by atoms with Gasteiger partial charge in [0.15, 0.2) is 0 Å². The van der Waals surface area contributed by atoms with Crippen LogP contribution < -0.4 is 5.73 Å². The van der Waals surface area contributed by atoms with E-state index in [0.717, 1.165) is 0 Å². The first kappa shape index (κ1) is 11.8. The van der Waals surface area contributed by atoms with E-state index in [1.165, 1.54) is 24.5 Å². The number of hydrogen-bond acceptors (Lipinski definition) is 4. The number of pyridine rings is 2. The minimum absolute atomic E-state index is 0.150. The van der Waals surface area contributed by atoms with Crippen molar-refractivity contribution in [2.75, 3.05) is 5.73 Å². The van der Waals surface area contributed by atoms with Crippen LogP contribution in [0.5, 0.6) is 0 Å². The maximum absolute atomic E-state index is 12.1. The fourth-order valence-electron chi connectivity index (χ4n) is 1.33. The highest BCUT2D eigenvalue weighted by molar-refractivity contribution is 6.31. The van der Waals surface area contributed by atoms with E-state index in [1.807, 2.05) is 0 Å². The topological polar surface area (TPSA) is 68.9 Å². The van der Waals surface area contributed by atoms with Gasteiger partial charge >= 0.3 is 0 Å². The first-order chi connectivity index (χ1) is 8.08. The third-order valence-corrected chi connectivity index (χ3v) is 2.50. The first-order valence-electron chi connectivity index (χ1n) is 4.65. The fourth-order valence-corrected chi connectivity index (χ4v) is 1.67. The van der Waals surface area contributed by atoms with Crippen molar-refractivity contribution in [2.24, 2.45) is 0 Å². The molecule has 0 bridgehead atoms. The number of halogens is 2. The average Bonchev–Trinajstić information content (AvgIpc) is 2.28. The Kier molecular flexibility index (Phi) is 3.26. The molecule has 86 valence electrons. The summed E-state index contributed by atoms with van der Waals surface area (Å²) in [5.74, 6) is -0.316. The second-order valence-electron chi connectivity index (χ2n) is 3.29. The van der Waals surface area contributed by atoms with E-state index in [1.54, 1.807) is 6.07 Å². The molecule has 0 aromatic carbocycles. The van der Waals surface area contributed by atoms with Gasteiger partial charge in [-0.2, -0.15) is 0 Å². The molecule has 2 heterocycles. The van der Waals surface area contributed by atoms with Crippen LogP contribution in [-0.4, -0.2) is 15.8 Å². The van der Waals surface area contributed by atoms with Gasteiger partial charge in [0.05, 0.1) is 10.7 Å². The van der Waals surface area contributed by atoms with Gasteiger partial charge in [-0.05, 0) is 18.2 Å². The number of carbonyl (C=O) groups is 1. The first-order valence-corrected chi connectivity index (χ1v) is 5.41. The van der Waals surface area contributed by atoms with Gasteiger partial charge in [-0.25, -0.2) is 9.97 Å². The number of nitrogens with zero attached hydrogens (tertiary/aromatic N) is 2. The van der Waals surface area contributed by atoms with Crippen LogP contribution in [0.2, 0.25) is 10.2 Å². The quantitative estimate of drug-likeness (QED) is 0.671. The van der Waals surface area contributed by atoms with Crippen molar-refractivity contribution in [2.45, 2.75) is 0 Å². The third kappa shape index (κ3) is 2.54. The number of nitrogens with two attached hydrogens (primary N) is 1. The molecular weight excluding hydrogens is 261 g/mol. The number of hydrogen-bond donors (Lipinski definition) is 1. The normalized spacial score (nSPS) is 10.2. The van der Waals surface area contributed by atoms with Gasteiger partial charge in [-0.3, -0.25) is 4.79 Å². The number of ketones is 1. The zero-order valence-electron chi connectivity index (χ0n) is 8.52. The molecule has 2 rings (SSSR count). The van der Waals surface area contributed by atoms with Gasteiger partial charge < -0.3 is 5.73 Å². The summed E-state index contributed by atoms with van der Waals surface area (Å²) in [7, 11) is 0. The van der Waals surface area contributed by atoms with E-state index in [2.05, 4.69) is 9.97 Å². The molecule has 0 amide bonds. The van der Waals surface area contributed by atoms with Crippen LogP contribution in [0.1, 0.15) is 16.1 Å². The molecule has 0 aliphatic rings. The molecular formula is C11H7Cl2N3O. The Morgan fingerprint density at radius 3 is 2.65 bits per heavy atom. The van der Waals surface area contributed by atoms with Gasteiger partial charge in [0, 0.05) is 18.0 Å². The summed E-state index contributed by atoms with van der Waals surface area (Å²) in [6.45, 7) is 0. The summed E-state index contributed by atoms with van der Waals surface area (Å²) in [6.07, 6.45) is 2.82. The monoisotopic (exact) mass is 267 g/mol. The number of anilines is 1. The molecule has 0 unspecified atom stereocenters. The van der Waals surface area contributed by atoms with Crippen molar-refractivity contribution in [1.82, 2.24) is 9.97 Å². The summed E-state index contributed by atoms with van der Waals surface area (Å²) in [6, 6.07) is 4.48. The average molecular weight is 268 g/mol. The highest BCUT2D eigenvalue weighted by Gasteiger charge is 2.14. The molecule has 6 heteroatoms. The van der Waals surface area contributed by atoms with Crippen molar-refractivity contribution in [3.8, 4) is 0 Å². The molecule has 0 spiro atoms. The molecule has 2 N–H and O–H groups in total. The molecule has 0 fully saturated rings. The van der Waals surface area contributed by atoms with Gasteiger partial charge in [0.25, 0.3) is 0 Å². The highest BCUT2D eigenvalue weighted by Crippen LogP contribution is 2.19. The second-order valence-corrected chi connectivity index (χ2v) is 4.11. The minimum atomic E-state index is -0.316. The van der Waals surface area contributed by atoms with E-state index < -0.39 is 0 Å². The van der Waals surface area contributed by atoms with Crippen LogP contribution in [0.3, 0.4) is 0 Å². The zero-order chi connectivity index (χ0) is 12.4. The summed E-state index contributed by atoms with van der Waals surface area (Å²) in [5.41, 5.74) is 6.44. The molecule has 17 heavy (non-hydrogen) atoms.